The zero-order valence-electron chi connectivity index (χ0n) is 22.5. The van der Waals surface area contributed by atoms with Crippen LogP contribution in [0.2, 0.25) is 5.02 Å². The zero-order valence-corrected chi connectivity index (χ0v) is 23.2. The highest BCUT2D eigenvalue weighted by Crippen LogP contribution is 2.38. The molecule has 41 heavy (non-hydrogen) atoms. The largest absolute Gasteiger partial charge is 0.439 e. The van der Waals surface area contributed by atoms with Crippen molar-refractivity contribution in [2.24, 2.45) is 17.8 Å². The van der Waals surface area contributed by atoms with Gasteiger partial charge in [-0.15, -0.1) is 0 Å². The summed E-state index contributed by atoms with van der Waals surface area (Å²) in [6.07, 6.45) is 5.19. The van der Waals surface area contributed by atoms with Gasteiger partial charge in [0.15, 0.2) is 5.65 Å². The molecule has 0 radical (unpaired) electrons. The summed E-state index contributed by atoms with van der Waals surface area (Å²) in [5.74, 6) is 1.13. The van der Waals surface area contributed by atoms with Crippen molar-refractivity contribution >= 4 is 22.8 Å². The van der Waals surface area contributed by atoms with Gasteiger partial charge in [-0.25, -0.2) is 19.7 Å². The molecule has 11 nitrogen and oxygen atoms in total. The van der Waals surface area contributed by atoms with E-state index in [0.29, 0.717) is 63.0 Å². The van der Waals surface area contributed by atoms with Crippen LogP contribution in [-0.2, 0) is 6.54 Å². The first-order chi connectivity index (χ1) is 19.8. The standard InChI is InChI=1S/C29H27ClN8O3/c1-15-7-8-18(16(2)9-15)14-38-23-22(19-10-20(30)13-32-12-19)33-26(27-36-29(40)41-37-27)34-25(23)35-28(38)24(39)21-6-4-3-5-17(21)11-31/h3-6,10,12-13,15-16,18,24,39H,7-9,14H2,1-2H3,(H,36,37,40)/t15-,16+,18+,24?/m0/s1. The molecule has 1 fully saturated rings. The fraction of sp³-hybridized carbons (Fsp3) is 0.345. The Kier molecular flexibility index (Phi) is 7.11. The Bertz CT molecular complexity index is 1840. The molecule has 1 aliphatic rings. The number of hydrogen-bond donors (Lipinski definition) is 2. The first-order valence-electron chi connectivity index (χ1n) is 13.4. The summed E-state index contributed by atoms with van der Waals surface area (Å²) < 4.78 is 6.67. The van der Waals surface area contributed by atoms with Crippen LogP contribution in [0.4, 0.5) is 0 Å². The van der Waals surface area contributed by atoms with Crippen molar-refractivity contribution in [3.63, 3.8) is 0 Å². The highest BCUT2D eigenvalue weighted by molar-refractivity contribution is 6.30. The third kappa shape index (κ3) is 5.12. The lowest BCUT2D eigenvalue weighted by atomic mass is 9.75. The maximum Gasteiger partial charge on any atom is 0.439 e. The number of aliphatic hydroxyl groups is 1. The van der Waals surface area contributed by atoms with Crippen molar-refractivity contribution in [2.75, 3.05) is 0 Å². The molecule has 0 saturated heterocycles. The lowest BCUT2D eigenvalue weighted by Crippen LogP contribution is -2.26. The van der Waals surface area contributed by atoms with E-state index < -0.39 is 11.9 Å². The van der Waals surface area contributed by atoms with Gasteiger partial charge in [-0.1, -0.05) is 55.2 Å². The van der Waals surface area contributed by atoms with Gasteiger partial charge in [0.1, 0.15) is 23.1 Å². The second-order valence-electron chi connectivity index (χ2n) is 10.7. The minimum Gasteiger partial charge on any atom is -0.380 e. The third-order valence-corrected chi connectivity index (χ3v) is 8.12. The number of aromatic amines is 1. The summed E-state index contributed by atoms with van der Waals surface area (Å²) in [6, 6.07) is 10.8. The van der Waals surface area contributed by atoms with Crippen LogP contribution in [0.3, 0.4) is 0 Å². The lowest BCUT2D eigenvalue weighted by molar-refractivity contribution is 0.171. The maximum atomic E-state index is 11.7. The molecule has 2 N–H and O–H groups in total. The predicted molar refractivity (Wildman–Crippen MR) is 151 cm³/mol. The molecule has 1 unspecified atom stereocenters. The van der Waals surface area contributed by atoms with Gasteiger partial charge in [0.2, 0.25) is 11.6 Å². The van der Waals surface area contributed by atoms with Gasteiger partial charge in [0, 0.05) is 30.1 Å². The van der Waals surface area contributed by atoms with Crippen molar-refractivity contribution in [1.82, 2.24) is 34.6 Å². The molecule has 0 amide bonds. The normalized spacial score (nSPS) is 19.7. The zero-order chi connectivity index (χ0) is 28.7. The van der Waals surface area contributed by atoms with Crippen LogP contribution >= 0.6 is 11.6 Å². The second kappa shape index (κ2) is 10.9. The van der Waals surface area contributed by atoms with Crippen LogP contribution in [0.1, 0.15) is 56.2 Å². The molecular weight excluding hydrogens is 544 g/mol. The molecule has 208 valence electrons. The third-order valence-electron chi connectivity index (χ3n) is 7.91. The van der Waals surface area contributed by atoms with Crippen LogP contribution in [-0.4, -0.2) is 39.8 Å². The number of aromatic nitrogens is 7. The Morgan fingerprint density at radius 3 is 2.78 bits per heavy atom. The highest BCUT2D eigenvalue weighted by atomic mass is 35.5. The van der Waals surface area contributed by atoms with Gasteiger partial charge in [-0.05, 0) is 42.7 Å². The number of pyridine rings is 1. The molecule has 0 spiro atoms. The first kappa shape index (κ1) is 26.8. The number of aliphatic hydroxyl groups excluding tert-OH is 1. The van der Waals surface area contributed by atoms with Gasteiger partial charge in [0.05, 0.1) is 16.7 Å². The Hall–Kier alpha value is -4.40. The monoisotopic (exact) mass is 570 g/mol. The Balaban J connectivity index is 1.62. The summed E-state index contributed by atoms with van der Waals surface area (Å²) in [4.78, 5) is 32.7. The van der Waals surface area contributed by atoms with Gasteiger partial charge >= 0.3 is 5.76 Å². The van der Waals surface area contributed by atoms with E-state index in [4.69, 9.17) is 26.1 Å². The van der Waals surface area contributed by atoms with E-state index in [1.54, 1.807) is 36.5 Å². The van der Waals surface area contributed by atoms with Crippen molar-refractivity contribution in [3.8, 4) is 29.0 Å². The summed E-state index contributed by atoms with van der Waals surface area (Å²) in [6.45, 7) is 5.11. The average Bonchev–Trinajstić information content (AvgIpc) is 3.57. The quantitative estimate of drug-likeness (QED) is 0.289. The van der Waals surface area contributed by atoms with Crippen molar-refractivity contribution in [2.45, 2.75) is 45.8 Å². The Morgan fingerprint density at radius 2 is 2.05 bits per heavy atom. The Labute approximate surface area is 239 Å². The number of halogens is 1. The van der Waals surface area contributed by atoms with E-state index in [0.717, 1.165) is 19.3 Å². The fourth-order valence-corrected chi connectivity index (χ4v) is 6.01. The van der Waals surface area contributed by atoms with E-state index in [-0.39, 0.29) is 17.3 Å². The van der Waals surface area contributed by atoms with E-state index >= 15 is 0 Å². The number of rotatable bonds is 6. The van der Waals surface area contributed by atoms with Gasteiger partial charge < -0.3 is 9.67 Å². The number of nitrogens with one attached hydrogen (secondary N) is 1. The average molecular weight is 571 g/mol. The minimum absolute atomic E-state index is 0.0366. The molecule has 1 aromatic carbocycles. The molecule has 4 aromatic heterocycles. The van der Waals surface area contributed by atoms with Crippen LogP contribution in [0.15, 0.2) is 52.0 Å². The van der Waals surface area contributed by atoms with E-state index in [2.05, 4.69) is 40.0 Å². The number of benzene rings is 1. The van der Waals surface area contributed by atoms with E-state index in [1.165, 1.54) is 6.20 Å². The minimum atomic E-state index is -1.21. The molecule has 1 saturated carbocycles. The first-order valence-corrected chi connectivity index (χ1v) is 13.8. The van der Waals surface area contributed by atoms with E-state index in [1.807, 2.05) is 4.57 Å². The van der Waals surface area contributed by atoms with E-state index in [9.17, 15) is 15.2 Å². The van der Waals surface area contributed by atoms with Crippen molar-refractivity contribution in [1.29, 1.82) is 5.26 Å². The predicted octanol–water partition coefficient (Wildman–Crippen LogP) is 4.91. The topological polar surface area (TPSA) is 159 Å². The number of H-pyrrole nitrogens is 1. The summed E-state index contributed by atoms with van der Waals surface area (Å²) in [5.41, 5.74) is 2.72. The molecule has 0 aliphatic heterocycles. The maximum absolute atomic E-state index is 11.7. The summed E-state index contributed by atoms with van der Waals surface area (Å²) >= 11 is 6.33. The molecule has 5 aromatic rings. The molecule has 4 atom stereocenters. The lowest BCUT2D eigenvalue weighted by Gasteiger charge is -2.33. The van der Waals surface area contributed by atoms with Gasteiger partial charge in [0.25, 0.3) is 0 Å². The molecule has 4 heterocycles. The van der Waals surface area contributed by atoms with Crippen LogP contribution in [0, 0.1) is 29.1 Å². The molecule has 12 heteroatoms. The molecule has 1 aliphatic carbocycles. The number of nitriles is 1. The Morgan fingerprint density at radius 1 is 1.22 bits per heavy atom. The van der Waals surface area contributed by atoms with Crippen LogP contribution in [0.25, 0.3) is 34.1 Å². The SMILES string of the molecule is C[C@H]1CC[C@H](Cn2c(C(O)c3ccccc3C#N)nc3nc(-c4noc(=O)[nH]4)nc(-c4cncc(Cl)c4)c32)[C@H](C)C1. The summed E-state index contributed by atoms with van der Waals surface area (Å²) in [7, 11) is 0. The van der Waals surface area contributed by atoms with Crippen molar-refractivity contribution in [3.05, 3.63) is 75.3 Å². The highest BCUT2D eigenvalue weighted by Gasteiger charge is 2.31. The number of imidazole rings is 1. The van der Waals surface area contributed by atoms with Crippen LogP contribution < -0.4 is 5.76 Å². The number of nitrogens with zero attached hydrogens (tertiary/aromatic N) is 7. The number of hydrogen-bond acceptors (Lipinski definition) is 9. The smallest absolute Gasteiger partial charge is 0.380 e. The van der Waals surface area contributed by atoms with Crippen molar-refractivity contribution < 1.29 is 9.63 Å². The van der Waals surface area contributed by atoms with Gasteiger partial charge in [-0.2, -0.15) is 5.26 Å². The molecule has 0 bridgehead atoms. The van der Waals surface area contributed by atoms with Gasteiger partial charge in [-0.3, -0.25) is 14.5 Å². The van der Waals surface area contributed by atoms with Crippen LogP contribution in [0.5, 0.6) is 0 Å². The molecule has 6 rings (SSSR count). The molecular formula is C29H27ClN8O3. The number of fused-ring (bicyclic) bond motifs is 1. The fourth-order valence-electron chi connectivity index (χ4n) is 5.83. The second-order valence-corrected chi connectivity index (χ2v) is 11.2. The summed E-state index contributed by atoms with van der Waals surface area (Å²) in [5, 5.41) is 25.7.